The first-order valence-corrected chi connectivity index (χ1v) is 13.0. The van der Waals surface area contributed by atoms with Gasteiger partial charge in [-0.3, -0.25) is 4.57 Å². The highest BCUT2D eigenvalue weighted by atomic mass is 32.1. The summed E-state index contributed by atoms with van der Waals surface area (Å²) in [6.07, 6.45) is 3.27. The van der Waals surface area contributed by atoms with Crippen LogP contribution >= 0.6 is 14.3 Å². The highest BCUT2D eigenvalue weighted by Gasteiger charge is 2.37. The van der Waals surface area contributed by atoms with Crippen molar-refractivity contribution in [1.29, 1.82) is 0 Å². The molecule has 0 aliphatic heterocycles. The third-order valence-corrected chi connectivity index (χ3v) is 13.4. The molecule has 120 valence electrons. The first-order valence-electron chi connectivity index (χ1n) is 6.97. The summed E-state index contributed by atoms with van der Waals surface area (Å²) >= 11 is 0. The van der Waals surface area contributed by atoms with Crippen LogP contribution in [0.15, 0.2) is 0 Å². The fourth-order valence-corrected chi connectivity index (χ4v) is 10.2. The molecule has 1 atom stereocenters. The lowest BCUT2D eigenvalue weighted by molar-refractivity contribution is -0.147. The van der Waals surface area contributed by atoms with Crippen molar-refractivity contribution in [3.63, 3.8) is 0 Å². The molecule has 0 saturated heterocycles. The molecule has 0 aromatic heterocycles. The fourth-order valence-electron chi connectivity index (χ4n) is 2.06. The van der Waals surface area contributed by atoms with Gasteiger partial charge in [0.1, 0.15) is 7.46 Å². The molecule has 0 rings (SSSR count). The average Bonchev–Trinajstić information content (AvgIpc) is 2.44. The van der Waals surface area contributed by atoms with Crippen molar-refractivity contribution in [2.75, 3.05) is 33.7 Å². The van der Waals surface area contributed by atoms with Crippen LogP contribution < -0.4 is 4.89 Å². The van der Waals surface area contributed by atoms with Gasteiger partial charge in [-0.05, 0) is 12.8 Å². The summed E-state index contributed by atoms with van der Waals surface area (Å²) in [5, 5.41) is 0. The SMILES string of the molecule is CCCP(=O)(CCC)/[P+]([O-])=C/CC[Si](OC)(OC)OC. The van der Waals surface area contributed by atoms with E-state index < -0.39 is 23.1 Å². The lowest BCUT2D eigenvalue weighted by Crippen LogP contribution is -2.42. The Morgan fingerprint density at radius 2 is 1.55 bits per heavy atom. The van der Waals surface area contributed by atoms with Gasteiger partial charge in [0.15, 0.2) is 0 Å². The summed E-state index contributed by atoms with van der Waals surface area (Å²) in [5.74, 6) is 1.68. The zero-order valence-electron chi connectivity index (χ0n) is 13.3. The van der Waals surface area contributed by atoms with Crippen LogP contribution in [0.25, 0.3) is 0 Å². The Labute approximate surface area is 125 Å². The molecule has 0 radical (unpaired) electrons. The first-order chi connectivity index (χ1) is 9.43. The first kappa shape index (κ1) is 20.5. The molecule has 0 fully saturated rings. The largest absolute Gasteiger partial charge is 0.627 e. The predicted molar refractivity (Wildman–Crippen MR) is 87.1 cm³/mol. The third-order valence-electron chi connectivity index (χ3n) is 3.17. The topological polar surface area (TPSA) is 67.8 Å². The second-order valence-electron chi connectivity index (χ2n) is 4.61. The smallest absolute Gasteiger partial charge is 0.500 e. The average molecular weight is 342 g/mol. The van der Waals surface area contributed by atoms with Crippen LogP contribution in [0, 0.1) is 0 Å². The van der Waals surface area contributed by atoms with Crippen LogP contribution in [0.1, 0.15) is 33.1 Å². The van der Waals surface area contributed by atoms with Crippen LogP contribution in [-0.4, -0.2) is 48.3 Å². The molecule has 0 aliphatic carbocycles. The molecule has 0 amide bonds. The van der Waals surface area contributed by atoms with Gasteiger partial charge in [0.25, 0.3) is 6.83 Å². The van der Waals surface area contributed by atoms with Gasteiger partial charge in [0, 0.05) is 46.1 Å². The number of rotatable bonds is 11. The molecule has 0 saturated carbocycles. The molecule has 0 bridgehead atoms. The van der Waals surface area contributed by atoms with Crippen molar-refractivity contribution >= 4 is 28.9 Å². The minimum absolute atomic E-state index is 0.536. The van der Waals surface area contributed by atoms with Crippen molar-refractivity contribution in [2.24, 2.45) is 0 Å². The van der Waals surface area contributed by atoms with Gasteiger partial charge in [0.2, 0.25) is 0 Å². The Balaban J connectivity index is 4.75. The van der Waals surface area contributed by atoms with E-state index >= 15 is 0 Å². The van der Waals surface area contributed by atoms with E-state index in [1.807, 2.05) is 13.8 Å². The quantitative estimate of drug-likeness (QED) is 0.427. The summed E-state index contributed by atoms with van der Waals surface area (Å²) in [7, 11) is 0.262. The standard InChI is InChI=1S/C12H28O5P2Si/c1-6-10-19(14,11-7-2)18(13)9-8-12-20(15-3,16-4)17-5/h9H,6-8,10-12H2,1-5H3. The van der Waals surface area contributed by atoms with Crippen molar-refractivity contribution in [3.05, 3.63) is 0 Å². The van der Waals surface area contributed by atoms with E-state index in [1.165, 1.54) is 0 Å². The molecule has 0 aromatic carbocycles. The number of hydrogen-bond donors (Lipinski definition) is 0. The van der Waals surface area contributed by atoms with E-state index in [4.69, 9.17) is 13.3 Å². The molecule has 0 N–H and O–H groups in total. The Morgan fingerprint density at radius 1 is 1.10 bits per heavy atom. The molecule has 0 heterocycles. The maximum Gasteiger partial charge on any atom is 0.500 e. The Bertz CT molecular complexity index is 326. The maximum absolute atomic E-state index is 12.7. The normalized spacial score (nSPS) is 13.8. The summed E-state index contributed by atoms with van der Waals surface area (Å²) in [4.78, 5) is 12.3. The summed E-state index contributed by atoms with van der Waals surface area (Å²) in [6.45, 7) is 1.38. The van der Waals surface area contributed by atoms with Gasteiger partial charge in [0.05, 0.1) is 5.80 Å². The van der Waals surface area contributed by atoms with E-state index in [0.29, 0.717) is 24.8 Å². The molecule has 0 spiro atoms. The summed E-state index contributed by atoms with van der Waals surface area (Å²) in [5.41, 5.74) is 0. The predicted octanol–water partition coefficient (Wildman–Crippen LogP) is 2.91. The van der Waals surface area contributed by atoms with Crippen LogP contribution in [-0.2, 0) is 17.8 Å². The van der Waals surface area contributed by atoms with Crippen LogP contribution in [0.3, 0.4) is 0 Å². The highest BCUT2D eigenvalue weighted by Crippen LogP contribution is 2.65. The van der Waals surface area contributed by atoms with Crippen LogP contribution in [0.4, 0.5) is 0 Å². The molecular formula is C12H28O5P2Si. The van der Waals surface area contributed by atoms with E-state index in [9.17, 15) is 9.46 Å². The van der Waals surface area contributed by atoms with Crippen LogP contribution in [0.5, 0.6) is 0 Å². The van der Waals surface area contributed by atoms with E-state index in [0.717, 1.165) is 12.8 Å². The van der Waals surface area contributed by atoms with Crippen molar-refractivity contribution < 1.29 is 22.7 Å². The Hall–Kier alpha value is 0.457. The Kier molecular flexibility index (Phi) is 10.5. The van der Waals surface area contributed by atoms with Gasteiger partial charge in [-0.1, -0.05) is 13.8 Å². The fraction of sp³-hybridized carbons (Fsp3) is 0.917. The molecule has 8 heteroatoms. The van der Waals surface area contributed by atoms with Crippen LogP contribution in [0.2, 0.25) is 6.04 Å². The van der Waals surface area contributed by atoms with Gasteiger partial charge in [-0.25, -0.2) is 0 Å². The van der Waals surface area contributed by atoms with Gasteiger partial charge in [-0.15, -0.1) is 0 Å². The molecule has 5 nitrogen and oxygen atoms in total. The van der Waals surface area contributed by atoms with Crippen molar-refractivity contribution in [1.82, 2.24) is 0 Å². The van der Waals surface area contributed by atoms with Gasteiger partial charge >= 0.3 is 8.80 Å². The number of hydrogen-bond acceptors (Lipinski definition) is 5. The summed E-state index contributed by atoms with van der Waals surface area (Å²) < 4.78 is 28.6. The van der Waals surface area contributed by atoms with E-state index in [1.54, 1.807) is 27.1 Å². The second kappa shape index (κ2) is 10.2. The molecular weight excluding hydrogens is 314 g/mol. The second-order valence-corrected chi connectivity index (χ2v) is 14.6. The summed E-state index contributed by atoms with van der Waals surface area (Å²) in [6, 6.07) is 0.551. The van der Waals surface area contributed by atoms with Gasteiger partial charge < -0.3 is 18.2 Å². The zero-order valence-corrected chi connectivity index (χ0v) is 16.0. The lowest BCUT2D eigenvalue weighted by atomic mass is 10.6. The van der Waals surface area contributed by atoms with E-state index in [2.05, 4.69) is 0 Å². The minimum atomic E-state index is -2.63. The molecule has 0 aromatic rings. The maximum atomic E-state index is 12.7. The zero-order chi connectivity index (χ0) is 15.6. The van der Waals surface area contributed by atoms with Crippen molar-refractivity contribution in [2.45, 2.75) is 39.2 Å². The third kappa shape index (κ3) is 6.06. The van der Waals surface area contributed by atoms with Gasteiger partial charge in [-0.2, -0.15) is 0 Å². The lowest BCUT2D eigenvalue weighted by Gasteiger charge is -2.23. The Morgan fingerprint density at radius 3 is 1.90 bits per heavy atom. The monoisotopic (exact) mass is 342 g/mol. The molecule has 20 heavy (non-hydrogen) atoms. The van der Waals surface area contributed by atoms with Crippen molar-refractivity contribution in [3.8, 4) is 0 Å². The van der Waals surface area contributed by atoms with E-state index in [-0.39, 0.29) is 0 Å². The minimum Gasteiger partial charge on any atom is -0.627 e. The highest BCUT2D eigenvalue weighted by molar-refractivity contribution is 8.29. The molecule has 0 aliphatic rings. The molecule has 1 unspecified atom stereocenters.